The van der Waals surface area contributed by atoms with E-state index in [9.17, 15) is 22.0 Å². The molecule has 0 radical (unpaired) electrons. The lowest BCUT2D eigenvalue weighted by Gasteiger charge is -2.21. The molecular formula is C10H16F2O6S. The second-order valence-corrected chi connectivity index (χ2v) is 5.88. The van der Waals surface area contributed by atoms with Gasteiger partial charge in [0.25, 0.3) is 0 Å². The molecule has 0 amide bonds. The van der Waals surface area contributed by atoms with Gasteiger partial charge in [-0.3, -0.25) is 4.55 Å². The number of hydrogen-bond donors (Lipinski definition) is 1. The molecule has 19 heavy (non-hydrogen) atoms. The van der Waals surface area contributed by atoms with Gasteiger partial charge in [-0.1, -0.05) is 12.8 Å². The van der Waals surface area contributed by atoms with Gasteiger partial charge in [-0.25, -0.2) is 4.79 Å². The van der Waals surface area contributed by atoms with Crippen LogP contribution in [0.25, 0.3) is 0 Å². The Morgan fingerprint density at radius 2 is 1.95 bits per heavy atom. The minimum Gasteiger partial charge on any atom is -0.453 e. The van der Waals surface area contributed by atoms with E-state index < -0.39 is 34.1 Å². The molecule has 0 bridgehead atoms. The van der Waals surface area contributed by atoms with Gasteiger partial charge in [0.2, 0.25) is 0 Å². The zero-order valence-corrected chi connectivity index (χ0v) is 11.2. The molecule has 1 unspecified atom stereocenters. The second kappa shape index (κ2) is 6.10. The van der Waals surface area contributed by atoms with Crippen LogP contribution < -0.4 is 0 Å². The quantitative estimate of drug-likeness (QED) is 0.588. The van der Waals surface area contributed by atoms with Gasteiger partial charge in [0.05, 0.1) is 6.10 Å². The number of alkyl halides is 2. The van der Waals surface area contributed by atoms with Crippen LogP contribution in [0.3, 0.4) is 0 Å². The monoisotopic (exact) mass is 302 g/mol. The summed E-state index contributed by atoms with van der Waals surface area (Å²) < 4.78 is 64.7. The topological polar surface area (TPSA) is 89.9 Å². The third kappa shape index (κ3) is 4.36. The first-order valence-electron chi connectivity index (χ1n) is 5.80. The van der Waals surface area contributed by atoms with Crippen molar-refractivity contribution in [2.45, 2.75) is 50.1 Å². The van der Waals surface area contributed by atoms with Crippen molar-refractivity contribution < 1.29 is 36.0 Å². The van der Waals surface area contributed by atoms with Crippen molar-refractivity contribution in [3.8, 4) is 0 Å². The Balaban J connectivity index is 2.43. The Bertz CT molecular complexity index is 416. The fraction of sp³-hybridized carbons (Fsp3) is 0.900. The third-order valence-electron chi connectivity index (χ3n) is 2.86. The minimum atomic E-state index is -5.63. The lowest BCUT2D eigenvalue weighted by atomic mass is 10.3. The van der Waals surface area contributed by atoms with Crippen LogP contribution in [0.5, 0.6) is 0 Å². The van der Waals surface area contributed by atoms with Crippen molar-refractivity contribution in [3.63, 3.8) is 0 Å². The number of hydrogen-bond acceptors (Lipinski definition) is 5. The van der Waals surface area contributed by atoms with Gasteiger partial charge >= 0.3 is 21.3 Å². The smallest absolute Gasteiger partial charge is 0.405 e. The Kier molecular flexibility index (Phi) is 5.22. The van der Waals surface area contributed by atoms with E-state index in [2.05, 4.69) is 4.74 Å². The molecule has 0 saturated heterocycles. The maximum atomic E-state index is 13.1. The number of carbonyl (C=O) groups is 1. The van der Waals surface area contributed by atoms with Crippen LogP contribution in [0, 0.1) is 0 Å². The van der Waals surface area contributed by atoms with Gasteiger partial charge in [-0.2, -0.15) is 17.2 Å². The fourth-order valence-corrected chi connectivity index (χ4v) is 2.22. The van der Waals surface area contributed by atoms with Crippen molar-refractivity contribution in [2.75, 3.05) is 6.61 Å². The first-order chi connectivity index (χ1) is 8.64. The Labute approximate surface area is 109 Å². The van der Waals surface area contributed by atoms with Crippen molar-refractivity contribution >= 4 is 16.1 Å². The zero-order chi connectivity index (χ0) is 14.7. The maximum absolute atomic E-state index is 13.1. The largest absolute Gasteiger partial charge is 0.453 e. The van der Waals surface area contributed by atoms with E-state index in [0.717, 1.165) is 25.7 Å². The summed E-state index contributed by atoms with van der Waals surface area (Å²) in [7, 11) is -5.63. The van der Waals surface area contributed by atoms with Crippen LogP contribution in [-0.4, -0.2) is 43.0 Å². The summed E-state index contributed by atoms with van der Waals surface area (Å²) in [5, 5.41) is -4.55. The normalized spacial score (nSPS) is 19.4. The molecule has 1 fully saturated rings. The van der Waals surface area contributed by atoms with Crippen molar-refractivity contribution in [3.05, 3.63) is 0 Å². The van der Waals surface area contributed by atoms with Gasteiger partial charge in [-0.15, -0.1) is 0 Å². The number of rotatable bonds is 6. The molecule has 0 spiro atoms. The van der Waals surface area contributed by atoms with Crippen LogP contribution in [0.15, 0.2) is 0 Å². The highest BCUT2D eigenvalue weighted by molar-refractivity contribution is 7.86. The summed E-state index contributed by atoms with van der Waals surface area (Å²) >= 11 is 0. The lowest BCUT2D eigenvalue weighted by molar-refractivity contribution is -0.166. The molecule has 1 aliphatic rings. The van der Waals surface area contributed by atoms with Gasteiger partial charge in [0.15, 0.2) is 6.10 Å². The first-order valence-corrected chi connectivity index (χ1v) is 7.24. The Hall–Kier alpha value is -0.800. The van der Waals surface area contributed by atoms with Gasteiger partial charge in [0, 0.05) is 0 Å². The molecule has 1 atom stereocenters. The zero-order valence-electron chi connectivity index (χ0n) is 10.3. The summed E-state index contributed by atoms with van der Waals surface area (Å²) in [5.41, 5.74) is 0. The first kappa shape index (κ1) is 16.3. The van der Waals surface area contributed by atoms with Crippen molar-refractivity contribution in [2.24, 2.45) is 0 Å². The van der Waals surface area contributed by atoms with E-state index in [0.29, 0.717) is 6.92 Å². The minimum absolute atomic E-state index is 0.0926. The molecule has 1 aliphatic carbocycles. The number of carbonyl (C=O) groups excluding carboxylic acids is 1. The van der Waals surface area contributed by atoms with Crippen LogP contribution in [0.1, 0.15) is 32.6 Å². The number of halogens is 2. The molecule has 0 heterocycles. The average Bonchev–Trinajstić information content (AvgIpc) is 2.77. The Morgan fingerprint density at radius 1 is 1.42 bits per heavy atom. The van der Waals surface area contributed by atoms with Gasteiger partial charge in [0.1, 0.15) is 6.61 Å². The molecule has 0 aliphatic heterocycles. The molecule has 112 valence electrons. The third-order valence-corrected chi connectivity index (χ3v) is 3.88. The highest BCUT2D eigenvalue weighted by atomic mass is 32.2. The van der Waals surface area contributed by atoms with Crippen molar-refractivity contribution in [1.82, 2.24) is 0 Å². The van der Waals surface area contributed by atoms with E-state index in [1.807, 2.05) is 0 Å². The lowest BCUT2D eigenvalue weighted by Crippen LogP contribution is -2.42. The van der Waals surface area contributed by atoms with Gasteiger partial charge in [-0.05, 0) is 19.8 Å². The van der Waals surface area contributed by atoms with Gasteiger partial charge < -0.3 is 9.47 Å². The predicted molar refractivity (Wildman–Crippen MR) is 60.3 cm³/mol. The van der Waals surface area contributed by atoms with E-state index >= 15 is 0 Å². The molecule has 1 N–H and O–H groups in total. The molecule has 0 aromatic heterocycles. The summed E-state index contributed by atoms with van der Waals surface area (Å²) in [4.78, 5) is 11.2. The van der Waals surface area contributed by atoms with E-state index in [1.54, 1.807) is 0 Å². The second-order valence-electron chi connectivity index (χ2n) is 4.39. The molecule has 9 heteroatoms. The standard InChI is InChI=1S/C10H16F2O6S/c1-7(10(11,12)19(14,15)16)18-9(13)6-17-8-4-2-3-5-8/h7-8H,2-6H2,1H3,(H,14,15,16). The van der Waals surface area contributed by atoms with Crippen LogP contribution in [0.4, 0.5) is 8.78 Å². The summed E-state index contributed by atoms with van der Waals surface area (Å²) in [5.74, 6) is -1.09. The molecule has 0 aromatic rings. The van der Waals surface area contributed by atoms with Crippen LogP contribution >= 0.6 is 0 Å². The predicted octanol–water partition coefficient (Wildman–Crippen LogP) is 1.36. The number of ether oxygens (including phenoxy) is 2. The average molecular weight is 302 g/mol. The van der Waals surface area contributed by atoms with E-state index in [1.165, 1.54) is 0 Å². The SMILES string of the molecule is CC(OC(=O)COC1CCCC1)C(F)(F)S(=O)(=O)O. The van der Waals surface area contributed by atoms with E-state index in [4.69, 9.17) is 9.29 Å². The van der Waals surface area contributed by atoms with Crippen LogP contribution in [-0.2, 0) is 24.4 Å². The summed E-state index contributed by atoms with van der Waals surface area (Å²) in [6.07, 6.45) is 1.18. The summed E-state index contributed by atoms with van der Waals surface area (Å²) in [6.45, 7) is 0.164. The molecule has 1 saturated carbocycles. The van der Waals surface area contributed by atoms with Crippen molar-refractivity contribution in [1.29, 1.82) is 0 Å². The van der Waals surface area contributed by atoms with E-state index in [-0.39, 0.29) is 6.10 Å². The summed E-state index contributed by atoms with van der Waals surface area (Å²) in [6, 6.07) is 0. The Morgan fingerprint density at radius 3 is 2.42 bits per heavy atom. The molecule has 0 aromatic carbocycles. The number of esters is 1. The molecule has 6 nitrogen and oxygen atoms in total. The molecule has 1 rings (SSSR count). The highest BCUT2D eigenvalue weighted by Gasteiger charge is 2.51. The van der Waals surface area contributed by atoms with Crippen LogP contribution in [0.2, 0.25) is 0 Å². The molecular weight excluding hydrogens is 286 g/mol. The fourth-order valence-electron chi connectivity index (χ4n) is 1.75. The highest BCUT2D eigenvalue weighted by Crippen LogP contribution is 2.27. The maximum Gasteiger partial charge on any atom is 0.405 e.